The molecule has 1 N–H and O–H groups in total. The molecule has 0 aliphatic heterocycles. The molecule has 1 atom stereocenters. The Bertz CT molecular complexity index is 392. The minimum absolute atomic E-state index is 0.110. The molecular weight excluding hydrogens is 258 g/mol. The van der Waals surface area contributed by atoms with Gasteiger partial charge in [-0.25, -0.2) is 0 Å². The summed E-state index contributed by atoms with van der Waals surface area (Å²) >= 11 is 5.56. The number of benzene rings is 1. The monoisotopic (exact) mass is 273 g/mol. The van der Waals surface area contributed by atoms with Crippen LogP contribution in [0.1, 0.15) is 19.8 Å². The molecule has 0 saturated heterocycles. The second-order valence-corrected chi connectivity index (χ2v) is 5.60. The average molecular weight is 274 g/mol. The fourth-order valence-electron chi connectivity index (χ4n) is 1.34. The van der Waals surface area contributed by atoms with Gasteiger partial charge in [-0.2, -0.15) is 0 Å². The highest BCUT2D eigenvalue weighted by Crippen LogP contribution is 2.13. The van der Waals surface area contributed by atoms with Gasteiger partial charge in [-0.05, 0) is 37.1 Å². The number of amides is 1. The SMILES string of the molecule is CC(=O)Nc1ccc(S(=O)CCCCCl)cc1. The highest BCUT2D eigenvalue weighted by Gasteiger charge is 2.03. The van der Waals surface area contributed by atoms with Gasteiger partial charge in [0.05, 0.1) is 10.8 Å². The molecule has 1 amide bonds. The largest absolute Gasteiger partial charge is 0.326 e. The summed E-state index contributed by atoms with van der Waals surface area (Å²) in [5.41, 5.74) is 0.721. The number of unbranched alkanes of at least 4 members (excludes halogenated alkanes) is 1. The number of hydrogen-bond donors (Lipinski definition) is 1. The molecule has 3 nitrogen and oxygen atoms in total. The standard InChI is InChI=1S/C12H16ClNO2S/c1-10(15)14-11-4-6-12(7-5-11)17(16)9-3-2-8-13/h4-7H,2-3,8-9H2,1H3,(H,14,15). The van der Waals surface area contributed by atoms with Gasteiger partial charge in [0.2, 0.25) is 5.91 Å². The predicted octanol–water partition coefficient (Wildman–Crippen LogP) is 2.77. The van der Waals surface area contributed by atoms with E-state index in [4.69, 9.17) is 11.6 Å². The fourth-order valence-corrected chi connectivity index (χ4v) is 2.67. The van der Waals surface area contributed by atoms with Gasteiger partial charge in [0, 0.05) is 29.1 Å². The fraction of sp³-hybridized carbons (Fsp3) is 0.417. The van der Waals surface area contributed by atoms with Crippen LogP contribution in [0.5, 0.6) is 0 Å². The van der Waals surface area contributed by atoms with Crippen molar-refractivity contribution >= 4 is 34.0 Å². The van der Waals surface area contributed by atoms with E-state index in [1.807, 2.05) is 0 Å². The van der Waals surface area contributed by atoms with Crippen molar-refractivity contribution in [3.63, 3.8) is 0 Å². The maximum Gasteiger partial charge on any atom is 0.221 e. The molecule has 0 aliphatic rings. The molecule has 0 spiro atoms. The lowest BCUT2D eigenvalue weighted by atomic mass is 10.3. The van der Waals surface area contributed by atoms with Crippen LogP contribution >= 0.6 is 11.6 Å². The molecule has 0 aromatic heterocycles. The Balaban J connectivity index is 2.54. The summed E-state index contributed by atoms with van der Waals surface area (Å²) in [4.78, 5) is 11.6. The second kappa shape index (κ2) is 7.45. The zero-order valence-corrected chi connectivity index (χ0v) is 11.3. The van der Waals surface area contributed by atoms with Crippen molar-refractivity contribution in [1.29, 1.82) is 0 Å². The van der Waals surface area contributed by atoms with Gasteiger partial charge in [0.25, 0.3) is 0 Å². The number of nitrogens with one attached hydrogen (secondary N) is 1. The Hall–Kier alpha value is -0.870. The Kier molecular flexibility index (Phi) is 6.22. The lowest BCUT2D eigenvalue weighted by Crippen LogP contribution is -2.05. The molecule has 0 saturated carbocycles. The molecule has 0 aliphatic carbocycles. The molecule has 1 rings (SSSR count). The number of alkyl halides is 1. The van der Waals surface area contributed by atoms with Crippen molar-refractivity contribution in [3.8, 4) is 0 Å². The molecular formula is C12H16ClNO2S. The van der Waals surface area contributed by atoms with Crippen LogP contribution in [0.4, 0.5) is 5.69 Å². The number of hydrogen-bond acceptors (Lipinski definition) is 2. The number of rotatable bonds is 6. The van der Waals surface area contributed by atoms with E-state index in [1.54, 1.807) is 24.3 Å². The first-order chi connectivity index (χ1) is 8.13. The average Bonchev–Trinajstić information content (AvgIpc) is 2.29. The third-order valence-corrected chi connectivity index (χ3v) is 3.88. The van der Waals surface area contributed by atoms with Crippen LogP contribution in [0.25, 0.3) is 0 Å². The van der Waals surface area contributed by atoms with E-state index in [9.17, 15) is 9.00 Å². The maximum atomic E-state index is 11.8. The van der Waals surface area contributed by atoms with E-state index in [0.29, 0.717) is 11.6 Å². The molecule has 0 radical (unpaired) electrons. The normalized spacial score (nSPS) is 12.1. The highest BCUT2D eigenvalue weighted by molar-refractivity contribution is 7.85. The Morgan fingerprint density at radius 2 is 1.94 bits per heavy atom. The summed E-state index contributed by atoms with van der Waals surface area (Å²) in [6, 6.07) is 7.08. The smallest absolute Gasteiger partial charge is 0.221 e. The third kappa shape index (κ3) is 5.33. The summed E-state index contributed by atoms with van der Waals surface area (Å²) in [6.07, 6.45) is 1.75. The molecule has 17 heavy (non-hydrogen) atoms. The summed E-state index contributed by atoms with van der Waals surface area (Å²) in [5.74, 6) is 1.13. The summed E-state index contributed by atoms with van der Waals surface area (Å²) in [7, 11) is -0.977. The topological polar surface area (TPSA) is 46.2 Å². The Morgan fingerprint density at radius 3 is 2.47 bits per heavy atom. The lowest BCUT2D eigenvalue weighted by Gasteiger charge is -2.04. The highest BCUT2D eigenvalue weighted by atomic mass is 35.5. The van der Waals surface area contributed by atoms with Gasteiger partial charge >= 0.3 is 0 Å². The van der Waals surface area contributed by atoms with E-state index in [-0.39, 0.29) is 5.91 Å². The number of halogens is 1. The van der Waals surface area contributed by atoms with Gasteiger partial charge in [0.1, 0.15) is 0 Å². The molecule has 0 fully saturated rings. The van der Waals surface area contributed by atoms with Crippen LogP contribution in [-0.4, -0.2) is 21.7 Å². The molecule has 94 valence electrons. The zero-order chi connectivity index (χ0) is 12.7. The van der Waals surface area contributed by atoms with Crippen LogP contribution in [0.2, 0.25) is 0 Å². The van der Waals surface area contributed by atoms with Crippen LogP contribution < -0.4 is 5.32 Å². The van der Waals surface area contributed by atoms with Gasteiger partial charge < -0.3 is 5.32 Å². The Morgan fingerprint density at radius 1 is 1.29 bits per heavy atom. The van der Waals surface area contributed by atoms with Gasteiger partial charge in [-0.1, -0.05) is 0 Å². The minimum Gasteiger partial charge on any atom is -0.326 e. The van der Waals surface area contributed by atoms with Gasteiger partial charge in [-0.15, -0.1) is 11.6 Å². The second-order valence-electron chi connectivity index (χ2n) is 3.65. The molecule has 1 unspecified atom stereocenters. The number of carbonyl (C=O) groups excluding carboxylic acids is 1. The van der Waals surface area contributed by atoms with Crippen LogP contribution in [-0.2, 0) is 15.6 Å². The maximum absolute atomic E-state index is 11.8. The number of anilines is 1. The third-order valence-electron chi connectivity index (χ3n) is 2.15. The number of carbonyl (C=O) groups is 1. The zero-order valence-electron chi connectivity index (χ0n) is 9.74. The van der Waals surface area contributed by atoms with Crippen molar-refractivity contribution < 1.29 is 9.00 Å². The Labute approximate surface area is 109 Å². The molecule has 0 heterocycles. The minimum atomic E-state index is -0.977. The van der Waals surface area contributed by atoms with E-state index < -0.39 is 10.8 Å². The summed E-state index contributed by atoms with van der Waals surface area (Å²) in [6.45, 7) is 1.46. The molecule has 1 aromatic rings. The van der Waals surface area contributed by atoms with E-state index in [1.165, 1.54) is 6.92 Å². The van der Waals surface area contributed by atoms with Crippen molar-refractivity contribution in [2.75, 3.05) is 16.9 Å². The van der Waals surface area contributed by atoms with Crippen LogP contribution in [0, 0.1) is 0 Å². The molecule has 0 bridgehead atoms. The predicted molar refractivity (Wildman–Crippen MR) is 72.0 cm³/mol. The quantitative estimate of drug-likeness (QED) is 0.640. The van der Waals surface area contributed by atoms with Crippen molar-refractivity contribution in [1.82, 2.24) is 0 Å². The van der Waals surface area contributed by atoms with Crippen molar-refractivity contribution in [3.05, 3.63) is 24.3 Å². The molecule has 5 heteroatoms. The van der Waals surface area contributed by atoms with E-state index in [0.717, 1.165) is 23.4 Å². The first-order valence-corrected chi connectivity index (χ1v) is 7.31. The lowest BCUT2D eigenvalue weighted by molar-refractivity contribution is -0.114. The van der Waals surface area contributed by atoms with Crippen LogP contribution in [0.3, 0.4) is 0 Å². The van der Waals surface area contributed by atoms with Gasteiger partial charge in [-0.3, -0.25) is 9.00 Å². The summed E-state index contributed by atoms with van der Waals surface area (Å²) in [5, 5.41) is 2.67. The first kappa shape index (κ1) is 14.2. The van der Waals surface area contributed by atoms with Gasteiger partial charge in [0.15, 0.2) is 0 Å². The molecule has 1 aromatic carbocycles. The summed E-state index contributed by atoms with van der Waals surface area (Å²) < 4.78 is 11.8. The van der Waals surface area contributed by atoms with Crippen molar-refractivity contribution in [2.45, 2.75) is 24.7 Å². The van der Waals surface area contributed by atoms with E-state index in [2.05, 4.69) is 5.32 Å². The van der Waals surface area contributed by atoms with E-state index >= 15 is 0 Å². The first-order valence-electron chi connectivity index (χ1n) is 5.45. The van der Waals surface area contributed by atoms with Crippen molar-refractivity contribution in [2.24, 2.45) is 0 Å². The van der Waals surface area contributed by atoms with Crippen LogP contribution in [0.15, 0.2) is 29.2 Å².